The molecule has 18 heavy (non-hydrogen) atoms. The third-order valence-electron chi connectivity index (χ3n) is 2.93. The molecule has 2 nitrogen and oxygen atoms in total. The van der Waals surface area contributed by atoms with E-state index in [9.17, 15) is 9.18 Å². The number of carbonyl (C=O) groups is 1. The number of amides is 1. The minimum Gasteiger partial charge on any atom is -0.334 e. The highest BCUT2D eigenvalue weighted by Gasteiger charge is 2.19. The molecule has 1 unspecified atom stereocenters. The predicted octanol–water partition coefficient (Wildman–Crippen LogP) is 3.72. The largest absolute Gasteiger partial charge is 0.334 e. The molecule has 4 heteroatoms. The van der Waals surface area contributed by atoms with E-state index in [2.05, 4.69) is 0 Å². The number of hydrogen-bond donors (Lipinski definition) is 0. The van der Waals surface area contributed by atoms with Crippen LogP contribution in [0.3, 0.4) is 0 Å². The van der Waals surface area contributed by atoms with Crippen LogP contribution in [0, 0.1) is 5.82 Å². The van der Waals surface area contributed by atoms with Gasteiger partial charge >= 0.3 is 0 Å². The lowest BCUT2D eigenvalue weighted by Gasteiger charge is -2.24. The lowest BCUT2D eigenvalue weighted by Crippen LogP contribution is -2.29. The number of benzene rings is 1. The molecule has 1 heterocycles. The summed E-state index contributed by atoms with van der Waals surface area (Å²) in [6, 6.07) is 9.71. The molecule has 0 saturated carbocycles. The van der Waals surface area contributed by atoms with Gasteiger partial charge in [-0.25, -0.2) is 4.39 Å². The summed E-state index contributed by atoms with van der Waals surface area (Å²) in [7, 11) is 1.73. The Balaban J connectivity index is 2.19. The van der Waals surface area contributed by atoms with Gasteiger partial charge in [0.2, 0.25) is 0 Å². The fourth-order valence-corrected chi connectivity index (χ4v) is 2.55. The van der Waals surface area contributed by atoms with Crippen LogP contribution < -0.4 is 0 Å². The van der Waals surface area contributed by atoms with Crippen molar-refractivity contribution in [3.8, 4) is 0 Å². The van der Waals surface area contributed by atoms with E-state index in [1.54, 1.807) is 35.4 Å². The number of halogens is 1. The fraction of sp³-hybridized carbons (Fsp3) is 0.214. The van der Waals surface area contributed by atoms with E-state index in [0.29, 0.717) is 5.56 Å². The Bertz CT molecular complexity index is 538. The molecule has 1 aromatic heterocycles. The van der Waals surface area contributed by atoms with Crippen LogP contribution >= 0.6 is 11.3 Å². The molecule has 0 spiro atoms. The summed E-state index contributed by atoms with van der Waals surface area (Å²) < 4.78 is 13.1. The maximum atomic E-state index is 13.1. The molecule has 0 aliphatic carbocycles. The van der Waals surface area contributed by atoms with E-state index < -0.39 is 5.82 Å². The van der Waals surface area contributed by atoms with Crippen molar-refractivity contribution in [3.05, 3.63) is 58.0 Å². The van der Waals surface area contributed by atoms with Gasteiger partial charge in [-0.1, -0.05) is 12.1 Å². The van der Waals surface area contributed by atoms with Crippen LogP contribution in [0.1, 0.15) is 28.2 Å². The Kier molecular flexibility index (Phi) is 3.77. The average Bonchev–Trinajstić information content (AvgIpc) is 2.90. The number of carbonyl (C=O) groups excluding carboxylic acids is 1. The maximum Gasteiger partial charge on any atom is 0.254 e. The van der Waals surface area contributed by atoms with Crippen LogP contribution in [-0.4, -0.2) is 17.9 Å². The molecule has 0 aliphatic heterocycles. The van der Waals surface area contributed by atoms with Crippen LogP contribution in [0.4, 0.5) is 4.39 Å². The average molecular weight is 263 g/mol. The number of rotatable bonds is 3. The third-order valence-corrected chi connectivity index (χ3v) is 3.97. The van der Waals surface area contributed by atoms with E-state index >= 15 is 0 Å². The highest BCUT2D eigenvalue weighted by atomic mass is 32.1. The quantitative estimate of drug-likeness (QED) is 0.826. The summed E-state index contributed by atoms with van der Waals surface area (Å²) >= 11 is 1.61. The van der Waals surface area contributed by atoms with Gasteiger partial charge in [0.15, 0.2) is 0 Å². The topological polar surface area (TPSA) is 20.3 Å². The van der Waals surface area contributed by atoms with E-state index in [1.807, 2.05) is 24.4 Å². The molecule has 94 valence electrons. The van der Waals surface area contributed by atoms with E-state index in [4.69, 9.17) is 0 Å². The van der Waals surface area contributed by atoms with Crippen molar-refractivity contribution >= 4 is 17.2 Å². The van der Waals surface area contributed by atoms with Crippen molar-refractivity contribution in [3.63, 3.8) is 0 Å². The molecule has 1 atom stereocenters. The van der Waals surface area contributed by atoms with Crippen LogP contribution in [0.15, 0.2) is 41.8 Å². The zero-order valence-electron chi connectivity index (χ0n) is 10.3. The second kappa shape index (κ2) is 5.31. The van der Waals surface area contributed by atoms with Gasteiger partial charge in [0.25, 0.3) is 5.91 Å². The standard InChI is InChI=1S/C14H14FNOS/c1-10(13-7-4-8-18-13)16(2)14(17)11-5-3-6-12(15)9-11/h3-10H,1-2H3. The summed E-state index contributed by atoms with van der Waals surface area (Å²) in [5.41, 5.74) is 0.376. The van der Waals surface area contributed by atoms with Crippen molar-refractivity contribution in [2.75, 3.05) is 7.05 Å². The van der Waals surface area contributed by atoms with Crippen molar-refractivity contribution in [2.45, 2.75) is 13.0 Å². The molecule has 1 aromatic carbocycles. The van der Waals surface area contributed by atoms with Gasteiger partial charge in [-0.05, 0) is 36.6 Å². The van der Waals surface area contributed by atoms with Crippen LogP contribution in [0.25, 0.3) is 0 Å². The van der Waals surface area contributed by atoms with Gasteiger partial charge < -0.3 is 4.90 Å². The Morgan fingerprint density at radius 3 is 2.72 bits per heavy atom. The molecule has 0 fully saturated rings. The second-order valence-electron chi connectivity index (χ2n) is 4.12. The Labute approximate surface area is 110 Å². The summed E-state index contributed by atoms with van der Waals surface area (Å²) in [6.07, 6.45) is 0. The van der Waals surface area contributed by atoms with Crippen molar-refractivity contribution < 1.29 is 9.18 Å². The first-order valence-electron chi connectivity index (χ1n) is 5.65. The molecule has 0 aliphatic rings. The third kappa shape index (κ3) is 2.59. The summed E-state index contributed by atoms with van der Waals surface area (Å²) in [4.78, 5) is 14.9. The number of nitrogens with zero attached hydrogens (tertiary/aromatic N) is 1. The SMILES string of the molecule is CC(c1cccs1)N(C)C(=O)c1cccc(F)c1. The van der Waals surface area contributed by atoms with E-state index in [0.717, 1.165) is 4.88 Å². The first-order chi connectivity index (χ1) is 8.59. The molecule has 0 radical (unpaired) electrons. The molecule has 0 N–H and O–H groups in total. The van der Waals surface area contributed by atoms with Crippen molar-refractivity contribution in [1.29, 1.82) is 0 Å². The smallest absolute Gasteiger partial charge is 0.254 e. The lowest BCUT2D eigenvalue weighted by atomic mass is 10.1. The Hall–Kier alpha value is -1.68. The Morgan fingerprint density at radius 1 is 1.33 bits per heavy atom. The monoisotopic (exact) mass is 263 g/mol. The summed E-state index contributed by atoms with van der Waals surface area (Å²) in [5.74, 6) is -0.562. The van der Waals surface area contributed by atoms with Gasteiger partial charge in [-0.2, -0.15) is 0 Å². The molecule has 1 amide bonds. The normalized spacial score (nSPS) is 12.2. The second-order valence-corrected chi connectivity index (χ2v) is 5.10. The highest BCUT2D eigenvalue weighted by molar-refractivity contribution is 7.10. The molecule has 2 rings (SSSR count). The zero-order chi connectivity index (χ0) is 13.1. The van der Waals surface area contributed by atoms with Gasteiger partial charge in [0.1, 0.15) is 5.82 Å². The van der Waals surface area contributed by atoms with E-state index in [1.165, 1.54) is 12.1 Å². The first-order valence-corrected chi connectivity index (χ1v) is 6.53. The predicted molar refractivity (Wildman–Crippen MR) is 71.2 cm³/mol. The molecular formula is C14H14FNOS. The minimum atomic E-state index is -0.391. The van der Waals surface area contributed by atoms with Gasteiger partial charge in [0, 0.05) is 17.5 Å². The maximum absolute atomic E-state index is 13.1. The number of thiophene rings is 1. The first kappa shape index (κ1) is 12.8. The molecular weight excluding hydrogens is 249 g/mol. The van der Waals surface area contributed by atoms with Gasteiger partial charge in [0.05, 0.1) is 6.04 Å². The van der Waals surface area contributed by atoms with Crippen molar-refractivity contribution in [2.24, 2.45) is 0 Å². The van der Waals surface area contributed by atoms with Gasteiger partial charge in [-0.15, -0.1) is 11.3 Å². The van der Waals surface area contributed by atoms with Crippen LogP contribution in [-0.2, 0) is 0 Å². The molecule has 0 bridgehead atoms. The number of hydrogen-bond acceptors (Lipinski definition) is 2. The van der Waals surface area contributed by atoms with Crippen molar-refractivity contribution in [1.82, 2.24) is 4.90 Å². The van der Waals surface area contributed by atoms with Crippen LogP contribution in [0.2, 0.25) is 0 Å². The molecule has 2 aromatic rings. The fourth-order valence-electron chi connectivity index (χ4n) is 1.72. The lowest BCUT2D eigenvalue weighted by molar-refractivity contribution is 0.0744. The van der Waals surface area contributed by atoms with Gasteiger partial charge in [-0.3, -0.25) is 4.79 Å². The van der Waals surface area contributed by atoms with Crippen LogP contribution in [0.5, 0.6) is 0 Å². The minimum absolute atomic E-state index is 0.0132. The highest BCUT2D eigenvalue weighted by Crippen LogP contribution is 2.24. The summed E-state index contributed by atoms with van der Waals surface area (Å²) in [6.45, 7) is 1.96. The summed E-state index contributed by atoms with van der Waals surface area (Å²) in [5, 5.41) is 1.98. The molecule has 0 saturated heterocycles. The Morgan fingerprint density at radius 2 is 2.11 bits per heavy atom. The van der Waals surface area contributed by atoms with E-state index in [-0.39, 0.29) is 11.9 Å². The zero-order valence-corrected chi connectivity index (χ0v) is 11.1.